The average molecular weight is 336 g/mol. The van der Waals surface area contributed by atoms with Gasteiger partial charge < -0.3 is 5.73 Å². The van der Waals surface area contributed by atoms with Crippen LogP contribution in [0.4, 0.5) is 5.69 Å². The Morgan fingerprint density at radius 2 is 2.05 bits per heavy atom. The van der Waals surface area contributed by atoms with Gasteiger partial charge in [-0.2, -0.15) is 0 Å². The molecule has 0 radical (unpaired) electrons. The molecule has 7 nitrogen and oxygen atoms in total. The van der Waals surface area contributed by atoms with Crippen molar-refractivity contribution in [3.8, 4) is 0 Å². The van der Waals surface area contributed by atoms with Crippen molar-refractivity contribution in [1.29, 1.82) is 0 Å². The van der Waals surface area contributed by atoms with Crippen molar-refractivity contribution in [2.24, 2.45) is 11.7 Å². The predicted octanol–water partition coefficient (Wildman–Crippen LogP) is 1.90. The Balaban J connectivity index is 3.16. The number of nitro groups is 1. The summed E-state index contributed by atoms with van der Waals surface area (Å²) in [5, 5.41) is 11.1. The topological polar surface area (TPSA) is 115 Å². The van der Waals surface area contributed by atoms with Gasteiger partial charge in [-0.1, -0.05) is 25.4 Å². The van der Waals surface area contributed by atoms with Crippen LogP contribution in [0.1, 0.15) is 20.3 Å². The highest BCUT2D eigenvalue weighted by molar-refractivity contribution is 7.89. The molecule has 1 aromatic carbocycles. The Labute approximate surface area is 128 Å². The smallest absolute Gasteiger partial charge is 0.290 e. The van der Waals surface area contributed by atoms with E-state index in [1.165, 1.54) is 6.07 Å². The molecule has 0 aromatic heterocycles. The van der Waals surface area contributed by atoms with Crippen LogP contribution in [0.25, 0.3) is 0 Å². The summed E-state index contributed by atoms with van der Waals surface area (Å²) in [6.07, 6.45) is 0.539. The first-order valence-corrected chi connectivity index (χ1v) is 8.19. The third-order valence-electron chi connectivity index (χ3n) is 2.77. The van der Waals surface area contributed by atoms with Crippen molar-refractivity contribution in [2.45, 2.75) is 31.2 Å². The second kappa shape index (κ2) is 7.17. The molecule has 0 spiro atoms. The lowest BCUT2D eigenvalue weighted by molar-refractivity contribution is -0.387. The van der Waals surface area contributed by atoms with Crippen LogP contribution in [-0.4, -0.2) is 25.9 Å². The van der Waals surface area contributed by atoms with Crippen molar-refractivity contribution in [3.05, 3.63) is 33.3 Å². The number of hydrogen-bond donors (Lipinski definition) is 2. The second-order valence-electron chi connectivity index (χ2n) is 5.05. The molecule has 0 fully saturated rings. The molecule has 1 unspecified atom stereocenters. The van der Waals surface area contributed by atoms with Crippen LogP contribution < -0.4 is 10.5 Å². The molecule has 1 rings (SSSR count). The zero-order valence-electron chi connectivity index (χ0n) is 11.7. The van der Waals surface area contributed by atoms with Crippen molar-refractivity contribution in [2.75, 3.05) is 6.54 Å². The molecule has 0 amide bonds. The number of hydrogen-bond acceptors (Lipinski definition) is 5. The van der Waals surface area contributed by atoms with Gasteiger partial charge in [0.15, 0.2) is 4.90 Å². The fourth-order valence-corrected chi connectivity index (χ4v) is 3.49. The minimum Gasteiger partial charge on any atom is -0.329 e. The summed E-state index contributed by atoms with van der Waals surface area (Å²) < 4.78 is 27.0. The van der Waals surface area contributed by atoms with Crippen LogP contribution in [0.3, 0.4) is 0 Å². The third kappa shape index (κ3) is 4.92. The standard InChI is InChI=1S/C12H18ClN3O4S/c1-8(2)5-10(7-14)15-21(19,20)12-4-3-9(13)6-11(12)16(17)18/h3-4,6,8,10,15H,5,7,14H2,1-2H3. The van der Waals surface area contributed by atoms with E-state index >= 15 is 0 Å². The van der Waals surface area contributed by atoms with E-state index in [1.54, 1.807) is 0 Å². The number of benzene rings is 1. The van der Waals surface area contributed by atoms with Gasteiger partial charge in [0, 0.05) is 23.7 Å². The van der Waals surface area contributed by atoms with E-state index in [0.717, 1.165) is 12.1 Å². The van der Waals surface area contributed by atoms with E-state index in [4.69, 9.17) is 17.3 Å². The number of halogens is 1. The Morgan fingerprint density at radius 3 is 2.52 bits per heavy atom. The average Bonchev–Trinajstić information content (AvgIpc) is 2.36. The van der Waals surface area contributed by atoms with E-state index in [0.29, 0.717) is 6.42 Å². The minimum absolute atomic E-state index is 0.0956. The number of nitro benzene ring substituents is 1. The molecule has 118 valence electrons. The maximum absolute atomic E-state index is 12.3. The van der Waals surface area contributed by atoms with E-state index < -0.39 is 31.6 Å². The molecule has 0 bridgehead atoms. The highest BCUT2D eigenvalue weighted by Gasteiger charge is 2.28. The second-order valence-corrected chi connectivity index (χ2v) is 7.17. The molecule has 0 saturated heterocycles. The van der Waals surface area contributed by atoms with Gasteiger partial charge in [-0.25, -0.2) is 13.1 Å². The molecule has 0 aliphatic rings. The van der Waals surface area contributed by atoms with Crippen LogP contribution in [0, 0.1) is 16.0 Å². The van der Waals surface area contributed by atoms with Crippen LogP contribution in [0.5, 0.6) is 0 Å². The van der Waals surface area contributed by atoms with E-state index in [1.807, 2.05) is 13.8 Å². The summed E-state index contributed by atoms with van der Waals surface area (Å²) in [5.74, 6) is 0.237. The molecule has 0 aliphatic carbocycles. The third-order valence-corrected chi connectivity index (χ3v) is 4.57. The largest absolute Gasteiger partial charge is 0.329 e. The molecule has 0 saturated carbocycles. The highest BCUT2D eigenvalue weighted by atomic mass is 35.5. The van der Waals surface area contributed by atoms with E-state index in [-0.39, 0.29) is 17.5 Å². The molecule has 21 heavy (non-hydrogen) atoms. The van der Waals surface area contributed by atoms with Crippen LogP contribution in [-0.2, 0) is 10.0 Å². The lowest BCUT2D eigenvalue weighted by Crippen LogP contribution is -2.41. The zero-order chi connectivity index (χ0) is 16.2. The zero-order valence-corrected chi connectivity index (χ0v) is 13.3. The quantitative estimate of drug-likeness (QED) is 0.583. The van der Waals surface area contributed by atoms with Gasteiger partial charge in [-0.3, -0.25) is 10.1 Å². The van der Waals surface area contributed by atoms with Crippen LogP contribution in [0.2, 0.25) is 5.02 Å². The van der Waals surface area contributed by atoms with Gasteiger partial charge >= 0.3 is 0 Å². The van der Waals surface area contributed by atoms with Gasteiger partial charge in [-0.15, -0.1) is 0 Å². The number of nitrogens with one attached hydrogen (secondary N) is 1. The fraction of sp³-hybridized carbons (Fsp3) is 0.500. The molecule has 0 heterocycles. The lowest BCUT2D eigenvalue weighted by atomic mass is 10.1. The Morgan fingerprint density at radius 1 is 1.43 bits per heavy atom. The van der Waals surface area contributed by atoms with Crippen LogP contribution >= 0.6 is 11.6 Å². The van der Waals surface area contributed by atoms with Crippen molar-refractivity contribution in [1.82, 2.24) is 4.72 Å². The molecular formula is C12H18ClN3O4S. The molecule has 1 atom stereocenters. The first-order valence-electron chi connectivity index (χ1n) is 6.33. The summed E-state index contributed by atoms with van der Waals surface area (Å²) in [7, 11) is -4.04. The monoisotopic (exact) mass is 335 g/mol. The summed E-state index contributed by atoms with van der Waals surface area (Å²) >= 11 is 5.67. The molecule has 3 N–H and O–H groups in total. The maximum atomic E-state index is 12.3. The van der Waals surface area contributed by atoms with Crippen molar-refractivity contribution in [3.63, 3.8) is 0 Å². The van der Waals surface area contributed by atoms with Crippen molar-refractivity contribution >= 4 is 27.3 Å². The molecule has 1 aromatic rings. The number of sulfonamides is 1. The summed E-state index contributed by atoms with van der Waals surface area (Å²) in [6.45, 7) is 3.97. The van der Waals surface area contributed by atoms with Gasteiger partial charge in [0.2, 0.25) is 10.0 Å². The first-order chi connectivity index (χ1) is 9.67. The lowest BCUT2D eigenvalue weighted by Gasteiger charge is -2.18. The van der Waals surface area contributed by atoms with Gasteiger partial charge in [0.1, 0.15) is 0 Å². The first kappa shape index (κ1) is 17.8. The maximum Gasteiger partial charge on any atom is 0.290 e. The minimum atomic E-state index is -4.04. The number of nitrogens with zero attached hydrogens (tertiary/aromatic N) is 1. The molecule has 9 heteroatoms. The van der Waals surface area contributed by atoms with E-state index in [2.05, 4.69) is 4.72 Å². The van der Waals surface area contributed by atoms with Gasteiger partial charge in [0.25, 0.3) is 5.69 Å². The summed E-state index contributed by atoms with van der Waals surface area (Å²) in [5.41, 5.74) is 4.99. The SMILES string of the molecule is CC(C)CC(CN)NS(=O)(=O)c1ccc(Cl)cc1[N+](=O)[O-]. The van der Waals surface area contributed by atoms with E-state index in [9.17, 15) is 18.5 Å². The van der Waals surface area contributed by atoms with Gasteiger partial charge in [-0.05, 0) is 24.5 Å². The fourth-order valence-electron chi connectivity index (χ4n) is 1.90. The summed E-state index contributed by atoms with van der Waals surface area (Å²) in [6, 6.07) is 2.94. The summed E-state index contributed by atoms with van der Waals surface area (Å²) in [4.78, 5) is 9.79. The molecular weight excluding hydrogens is 318 g/mol. The van der Waals surface area contributed by atoms with Crippen molar-refractivity contribution < 1.29 is 13.3 Å². The normalized spacial score (nSPS) is 13.4. The Hall–Kier alpha value is -1.22. The molecule has 0 aliphatic heterocycles. The van der Waals surface area contributed by atoms with Gasteiger partial charge in [0.05, 0.1) is 4.92 Å². The number of rotatable bonds is 7. The highest BCUT2D eigenvalue weighted by Crippen LogP contribution is 2.27. The van der Waals surface area contributed by atoms with Crippen LogP contribution in [0.15, 0.2) is 23.1 Å². The Bertz CT molecular complexity index is 619. The Kier molecular flexibility index (Phi) is 6.09. The predicted molar refractivity (Wildman–Crippen MR) is 80.7 cm³/mol. The number of nitrogens with two attached hydrogens (primary N) is 1.